The number of halogens is 1. The van der Waals surface area contributed by atoms with Gasteiger partial charge in [0.15, 0.2) is 11.6 Å². The number of hydrogen-bond acceptors (Lipinski definition) is 11. The van der Waals surface area contributed by atoms with Gasteiger partial charge in [-0.05, 0) is 105 Å². The predicted octanol–water partition coefficient (Wildman–Crippen LogP) is 8.21. The van der Waals surface area contributed by atoms with Crippen molar-refractivity contribution >= 4 is 58.0 Å². The number of imide groups is 1. The van der Waals surface area contributed by atoms with Crippen molar-refractivity contribution in [1.82, 2.24) is 24.6 Å². The monoisotopic (exact) mass is 772 g/mol. The van der Waals surface area contributed by atoms with Crippen LogP contribution >= 0.6 is 0 Å². The Kier molecular flexibility index (Phi) is 10.0. The molecule has 1 saturated carbocycles. The number of carbonyl (C=O) groups excluding carboxylic acids is 4. The number of aromatic nitrogens is 4. The lowest BCUT2D eigenvalue weighted by Crippen LogP contribution is -2.44. The number of nitrogens with zero attached hydrogens (tertiary/aromatic N) is 6. The molecule has 298 valence electrons. The molecule has 4 heterocycles. The minimum atomic E-state index is -1.01. The summed E-state index contributed by atoms with van der Waals surface area (Å²) in [5, 5.41) is 11.2. The quantitative estimate of drug-likeness (QED) is 0.187. The molecule has 6 rings (SSSR count). The van der Waals surface area contributed by atoms with E-state index in [2.05, 4.69) is 25.7 Å². The highest BCUT2D eigenvalue weighted by molar-refractivity contribution is 6.11. The van der Waals surface area contributed by atoms with Gasteiger partial charge in [-0.15, -0.1) is 0 Å². The summed E-state index contributed by atoms with van der Waals surface area (Å²) < 4.78 is 35.3. The molecule has 0 atom stereocenters. The number of likely N-dealkylation sites (N-methyl/N-ethyl adjacent to an activating group) is 1. The molecule has 4 aromatic rings. The number of benzene rings is 1. The highest BCUT2D eigenvalue weighted by Gasteiger charge is 2.50. The smallest absolute Gasteiger partial charge is 0.424 e. The van der Waals surface area contributed by atoms with E-state index in [4.69, 9.17) is 14.2 Å². The molecule has 1 fully saturated rings. The van der Waals surface area contributed by atoms with Gasteiger partial charge in [0.2, 0.25) is 5.91 Å². The van der Waals surface area contributed by atoms with Crippen molar-refractivity contribution in [3.63, 3.8) is 0 Å². The summed E-state index contributed by atoms with van der Waals surface area (Å²) in [6.07, 6.45) is 3.10. The van der Waals surface area contributed by atoms with Crippen molar-refractivity contribution in [2.75, 3.05) is 29.1 Å². The fraction of sp³-hybridized carbons (Fsp3) is 0.475. The maximum absolute atomic E-state index is 16.9. The topological polar surface area (TPSA) is 170 Å². The van der Waals surface area contributed by atoms with Crippen molar-refractivity contribution in [1.29, 1.82) is 0 Å². The van der Waals surface area contributed by atoms with Crippen LogP contribution in [0.15, 0.2) is 36.8 Å². The molecule has 1 aliphatic heterocycles. The second-order valence-electron chi connectivity index (χ2n) is 17.4. The normalized spacial score (nSPS) is 15.2. The van der Waals surface area contributed by atoms with Gasteiger partial charge in [0.1, 0.15) is 29.2 Å². The third-order valence-corrected chi connectivity index (χ3v) is 9.14. The number of amides is 4. The van der Waals surface area contributed by atoms with Crippen LogP contribution in [0, 0.1) is 12.7 Å². The zero-order valence-corrected chi connectivity index (χ0v) is 33.7. The van der Waals surface area contributed by atoms with Gasteiger partial charge in [-0.3, -0.25) is 19.8 Å². The number of rotatable bonds is 5. The molecule has 0 bridgehead atoms. The molecule has 56 heavy (non-hydrogen) atoms. The third-order valence-electron chi connectivity index (χ3n) is 9.14. The van der Waals surface area contributed by atoms with Crippen LogP contribution in [-0.2, 0) is 31.0 Å². The lowest BCUT2D eigenvalue weighted by atomic mass is 9.97. The zero-order chi connectivity index (χ0) is 41.1. The van der Waals surface area contributed by atoms with E-state index < -0.39 is 40.9 Å². The molecule has 1 spiro atoms. The Balaban J connectivity index is 1.46. The van der Waals surface area contributed by atoms with E-state index in [1.165, 1.54) is 18.6 Å². The van der Waals surface area contributed by atoms with E-state index in [9.17, 15) is 19.2 Å². The van der Waals surface area contributed by atoms with Crippen LogP contribution in [0.25, 0.3) is 21.9 Å². The van der Waals surface area contributed by atoms with Crippen molar-refractivity contribution in [3.8, 4) is 11.1 Å². The molecule has 0 saturated heterocycles. The summed E-state index contributed by atoms with van der Waals surface area (Å²) >= 11 is 0. The molecule has 4 amide bonds. The van der Waals surface area contributed by atoms with Crippen LogP contribution in [0.3, 0.4) is 0 Å². The van der Waals surface area contributed by atoms with Crippen LogP contribution in [0.1, 0.15) is 86.4 Å². The van der Waals surface area contributed by atoms with Gasteiger partial charge in [0, 0.05) is 59.7 Å². The van der Waals surface area contributed by atoms with Crippen molar-refractivity contribution in [2.24, 2.45) is 0 Å². The molecular weight excluding hydrogens is 723 g/mol. The summed E-state index contributed by atoms with van der Waals surface area (Å²) in [5.41, 5.74) is -1.69. The third kappa shape index (κ3) is 8.53. The summed E-state index contributed by atoms with van der Waals surface area (Å²) in [6, 6.07) is 5.17. The Morgan fingerprint density at radius 1 is 0.857 bits per heavy atom. The fourth-order valence-corrected chi connectivity index (χ4v) is 6.55. The number of anilines is 4. The molecule has 3 aromatic heterocycles. The Hall–Kier alpha value is -5.80. The highest BCUT2D eigenvalue weighted by Crippen LogP contribution is 2.50. The number of fused-ring (bicyclic) bond motifs is 3. The summed E-state index contributed by atoms with van der Waals surface area (Å²) in [7, 11) is 1.81. The number of nitrogens with one attached hydrogen (secondary N) is 2. The zero-order valence-electron chi connectivity index (χ0n) is 33.7. The minimum Gasteiger partial charge on any atom is -0.444 e. The Morgan fingerprint density at radius 3 is 2.07 bits per heavy atom. The number of carbonyl (C=O) groups is 4. The van der Waals surface area contributed by atoms with Crippen molar-refractivity contribution in [3.05, 3.63) is 53.9 Å². The van der Waals surface area contributed by atoms with Gasteiger partial charge in [0.25, 0.3) is 0 Å². The molecule has 2 aliphatic rings. The predicted molar refractivity (Wildman–Crippen MR) is 209 cm³/mol. The standard InChI is InChI=1S/C40H49FN8O7/c1-22-25(17-42-19-27(22)49(35(52)55-38(5,6)7)36(53)56-39(8,9)10)24-14-23-15-29(43-18-26(23)33(32(24)41)45-34(51)54-37(2,3)4)44-30-16-28-40(12-13-40)21-47(11)31(50)20-48(28)46-30/h14-19H,12-13,20-21H2,1-11H3,(H,45,51)(H,43,44,46). The molecule has 0 radical (unpaired) electrons. The van der Waals surface area contributed by atoms with Crippen LogP contribution in [0.4, 0.5) is 41.8 Å². The second-order valence-corrected chi connectivity index (χ2v) is 17.4. The first kappa shape index (κ1) is 39.9. The maximum Gasteiger partial charge on any atom is 0.424 e. The Bertz CT molecular complexity index is 2220. The average Bonchev–Trinajstić information content (AvgIpc) is 3.73. The maximum atomic E-state index is 16.9. The average molecular weight is 773 g/mol. The lowest BCUT2D eigenvalue weighted by Gasteiger charge is -2.29. The van der Waals surface area contributed by atoms with E-state index in [-0.39, 0.29) is 45.8 Å². The van der Waals surface area contributed by atoms with Gasteiger partial charge in [-0.1, -0.05) is 0 Å². The van der Waals surface area contributed by atoms with Crippen molar-refractivity contribution in [2.45, 2.75) is 111 Å². The number of pyridine rings is 2. The molecule has 1 aromatic carbocycles. The van der Waals surface area contributed by atoms with Crippen molar-refractivity contribution < 1.29 is 37.8 Å². The molecule has 0 unspecified atom stereocenters. The Morgan fingerprint density at radius 2 is 1.48 bits per heavy atom. The molecular formula is C40H49FN8O7. The molecule has 1 aliphatic carbocycles. The number of hydrogen-bond donors (Lipinski definition) is 2. The second kappa shape index (κ2) is 14.0. The first-order valence-electron chi connectivity index (χ1n) is 18.4. The Labute approximate surface area is 324 Å². The first-order chi connectivity index (χ1) is 25.9. The first-order valence-corrected chi connectivity index (χ1v) is 18.4. The van der Waals surface area contributed by atoms with E-state index in [1.807, 2.05) is 13.1 Å². The summed E-state index contributed by atoms with van der Waals surface area (Å²) in [6.45, 7) is 17.4. The fourth-order valence-electron chi connectivity index (χ4n) is 6.55. The summed E-state index contributed by atoms with van der Waals surface area (Å²) in [5.74, 6) is -0.00931. The van der Waals surface area contributed by atoms with Crippen LogP contribution in [-0.4, -0.2) is 79.2 Å². The van der Waals surface area contributed by atoms with E-state index >= 15 is 4.39 Å². The SMILES string of the molecule is Cc1c(-c2cc3cc(Nc4cc5n(n4)CC(=O)N(C)CC54CC4)ncc3c(NC(=O)OC(C)(C)C)c2F)cncc1N(C(=O)OC(C)(C)C)C(=O)OC(C)(C)C. The van der Waals surface area contributed by atoms with Crippen LogP contribution in [0.2, 0.25) is 0 Å². The minimum absolute atomic E-state index is 0.00175. The molecule has 15 nitrogen and oxygen atoms in total. The largest absolute Gasteiger partial charge is 0.444 e. The van der Waals surface area contributed by atoms with Gasteiger partial charge in [0.05, 0.1) is 17.6 Å². The van der Waals surface area contributed by atoms with E-state index in [1.54, 1.807) is 91.0 Å². The molecule has 2 N–H and O–H groups in total. The van der Waals surface area contributed by atoms with E-state index in [0.29, 0.717) is 29.1 Å². The van der Waals surface area contributed by atoms with Gasteiger partial charge in [-0.2, -0.15) is 10.00 Å². The summed E-state index contributed by atoms with van der Waals surface area (Å²) in [4.78, 5) is 64.3. The van der Waals surface area contributed by atoms with Gasteiger partial charge in [-0.25, -0.2) is 23.8 Å². The van der Waals surface area contributed by atoms with Gasteiger partial charge < -0.3 is 24.4 Å². The highest BCUT2D eigenvalue weighted by atomic mass is 19.1. The van der Waals surface area contributed by atoms with Gasteiger partial charge >= 0.3 is 18.3 Å². The molecule has 16 heteroatoms. The van der Waals surface area contributed by atoms with Crippen LogP contribution in [0.5, 0.6) is 0 Å². The number of ether oxygens (including phenoxy) is 3. The van der Waals surface area contributed by atoms with E-state index in [0.717, 1.165) is 23.4 Å². The lowest BCUT2D eigenvalue weighted by molar-refractivity contribution is -0.130. The van der Waals surface area contributed by atoms with Crippen LogP contribution < -0.4 is 15.5 Å².